The number of rotatable bonds is 22. The van der Waals surface area contributed by atoms with Gasteiger partial charge in [0.2, 0.25) is 5.78 Å². The van der Waals surface area contributed by atoms with Crippen LogP contribution >= 0.6 is 90.7 Å². The van der Waals surface area contributed by atoms with Crippen molar-refractivity contribution in [2.45, 2.75) is 20.3 Å². The summed E-state index contributed by atoms with van der Waals surface area (Å²) in [6.07, 6.45) is 36.2. The molecule has 16 aromatic rings. The number of hydrogen-bond donors (Lipinski definition) is 0. The Morgan fingerprint density at radius 1 is 0.344 bits per heavy atom. The van der Waals surface area contributed by atoms with Crippen LogP contribution in [-0.2, 0) is 0 Å². The van der Waals surface area contributed by atoms with E-state index < -0.39 is 0 Å². The molecule has 20 rings (SSSR count). The molecule has 0 radical (unpaired) electrons. The molecule has 1 aliphatic heterocycles. The van der Waals surface area contributed by atoms with E-state index >= 15 is 0 Å². The standard InChI is InChI=1S/C59H35N5S4.C52H35NO2S4.CH4/c1-62-53(37-60)58-50-11-5-6-12-51(50)59(54(38-61)63-2)52(58)36-49-31-34-57(68-49)42-18-24-45(25-19-42)64(43-20-14-40(15-21-43)55-32-29-47(66-55)26-13-39-8-3-4-9-39)44-22-16-41(17-23-44)56-33-30-48(67-56)28-27-46-10-7-35-65-46;54-52-46-9-3-4-10-47(46)55-48(52)34-45-29-32-51(59-45)38-16-22-41(23-17-38)53(39-18-12-36(13-19-39)49-30-27-43(57-49)24-11-35-6-1-2-7-35)40-20-14-37(15-21-40)50-31-28-44(58-50)26-25-42-8-5-33-56-42;/h3-8,10-36H,9H2;1-6,8-34H,7H2;1H4/b26-13+,28-27+,58-53-,59-54-;24-11+,26-25+,48-34+;. The van der Waals surface area contributed by atoms with Gasteiger partial charge in [0, 0.05) is 120 Å². The highest BCUT2D eigenvalue weighted by Crippen LogP contribution is 2.51. The molecule has 0 unspecified atom stereocenters. The number of ether oxygens (including phenoxy) is 1. The zero-order chi connectivity index (χ0) is 85.9. The van der Waals surface area contributed by atoms with Gasteiger partial charge < -0.3 is 14.5 Å². The van der Waals surface area contributed by atoms with Crippen molar-refractivity contribution >= 4 is 190 Å². The number of Topliss-reactive ketones (excluding diaryl/α,β-unsaturated/α-hetero) is 1. The van der Waals surface area contributed by atoms with Crippen molar-refractivity contribution in [3.05, 3.63) is 463 Å². The summed E-state index contributed by atoms with van der Waals surface area (Å²) < 4.78 is 5.89. The lowest BCUT2D eigenvalue weighted by Crippen LogP contribution is -2.09. The lowest BCUT2D eigenvalue weighted by molar-refractivity contribution is 0.101. The number of hydrogen-bond acceptors (Lipinski definition) is 14. The maximum Gasteiger partial charge on any atom is 0.270 e. The minimum atomic E-state index is -0.0834. The van der Waals surface area contributed by atoms with Gasteiger partial charge in [-0.2, -0.15) is 0 Å². The van der Waals surface area contributed by atoms with E-state index in [1.807, 2.05) is 84.2 Å². The van der Waals surface area contributed by atoms with Gasteiger partial charge in [0.25, 0.3) is 11.4 Å². The molecule has 0 N–H and O–H groups in total. The molecule has 8 aromatic carbocycles. The summed E-state index contributed by atoms with van der Waals surface area (Å²) in [5.41, 5.74) is 19.0. The normalized spacial score (nSPS) is 14.1. The van der Waals surface area contributed by atoms with Crippen molar-refractivity contribution in [1.29, 1.82) is 10.5 Å². The molecule has 0 amide bonds. The molecule has 9 heterocycles. The number of ketones is 1. The fourth-order valence-electron chi connectivity index (χ4n) is 15.4. The molecule has 4 aliphatic rings. The Morgan fingerprint density at radius 3 is 0.953 bits per heavy atom. The molecule has 0 fully saturated rings. The Labute approximate surface area is 777 Å². The summed E-state index contributed by atoms with van der Waals surface area (Å²) in [7, 11) is 0. The number of nitriles is 2. The van der Waals surface area contributed by atoms with E-state index in [2.05, 4.69) is 358 Å². The largest absolute Gasteiger partial charge is 0.452 e. The van der Waals surface area contributed by atoms with E-state index in [1.54, 1.807) is 79.4 Å². The molecule has 0 spiro atoms. The number of thiophene rings is 8. The number of anilines is 6. The van der Waals surface area contributed by atoms with E-state index in [4.69, 9.17) is 17.9 Å². The summed E-state index contributed by atoms with van der Waals surface area (Å²) in [5, 5.41) is 24.2. The van der Waals surface area contributed by atoms with Gasteiger partial charge in [0.1, 0.15) is 5.75 Å². The molecule has 0 saturated carbocycles. The third kappa shape index (κ3) is 18.7. The fourth-order valence-corrected chi connectivity index (χ4v) is 22.2. The lowest BCUT2D eigenvalue weighted by Gasteiger charge is -2.26. The van der Waals surface area contributed by atoms with Crippen LogP contribution in [0.3, 0.4) is 0 Å². The summed E-state index contributed by atoms with van der Waals surface area (Å²) in [4.78, 5) is 40.9. The van der Waals surface area contributed by atoms with Crippen molar-refractivity contribution in [2.75, 3.05) is 9.80 Å². The van der Waals surface area contributed by atoms with Gasteiger partial charge >= 0.3 is 0 Å². The molecule has 0 saturated heterocycles. The lowest BCUT2D eigenvalue weighted by atomic mass is 9.99. The average Bonchev–Trinajstić information content (AvgIpc) is 1.59. The van der Waals surface area contributed by atoms with E-state index in [0.29, 0.717) is 44.9 Å². The first-order valence-corrected chi connectivity index (χ1v) is 47.5. The molecular formula is C112H74N6O2S8. The highest BCUT2D eigenvalue weighted by molar-refractivity contribution is 7.18. The fraction of sp³-hybridized carbons (Fsp3) is 0.0268. The molecule has 128 heavy (non-hydrogen) atoms. The van der Waals surface area contributed by atoms with Crippen LogP contribution in [0.2, 0.25) is 0 Å². The van der Waals surface area contributed by atoms with Crippen LogP contribution in [0, 0.1) is 35.8 Å². The SMILES string of the molecule is C.O=C1/C(=C\c2ccc(-c3ccc(N(c4ccc(-c5ccc(/C=C/C6=CC=CC6)s5)cc4)c4ccc(-c5ccc(/C=C/c6cccs6)s5)cc4)cc3)s2)Oc2ccccc21.[C-]#[N+]/C(C#N)=C1\C(=Cc2ccc(-c3ccc(N(c4ccc(-c5ccc(/C=C/C6=CC=CC6)s5)cc4)c4ccc(-c5ccc(/C=C/c6cccs6)s5)cc4)cc3)s2)/C(=C(/C#N)[N+]#[C-])c2ccccc21. The molecule has 8 nitrogen and oxygen atoms in total. The average molecular weight is 1790 g/mol. The molecule has 3 aliphatic carbocycles. The number of benzene rings is 8. The monoisotopic (exact) mass is 1790 g/mol. The van der Waals surface area contributed by atoms with E-state index in [-0.39, 0.29) is 24.6 Å². The maximum absolute atomic E-state index is 12.9. The third-order valence-electron chi connectivity index (χ3n) is 21.7. The highest BCUT2D eigenvalue weighted by Gasteiger charge is 2.33. The van der Waals surface area contributed by atoms with Crippen LogP contribution in [0.4, 0.5) is 34.1 Å². The van der Waals surface area contributed by atoms with Gasteiger partial charge in [0.15, 0.2) is 5.76 Å². The Morgan fingerprint density at radius 2 is 0.648 bits per heavy atom. The Kier molecular flexibility index (Phi) is 25.5. The van der Waals surface area contributed by atoms with Crippen LogP contribution in [-0.4, -0.2) is 5.78 Å². The summed E-state index contributed by atoms with van der Waals surface area (Å²) >= 11 is 13.9. The smallest absolute Gasteiger partial charge is 0.270 e. The summed E-state index contributed by atoms with van der Waals surface area (Å²) in [5.74, 6) is 0.896. The zero-order valence-electron chi connectivity index (χ0n) is 67.8. The van der Waals surface area contributed by atoms with Crippen molar-refractivity contribution in [2.24, 2.45) is 0 Å². The Hall–Kier alpha value is -14.7. The van der Waals surface area contributed by atoms with Crippen molar-refractivity contribution in [3.63, 3.8) is 0 Å². The van der Waals surface area contributed by atoms with Gasteiger partial charge in [-0.1, -0.05) is 177 Å². The minimum Gasteiger partial charge on any atom is -0.452 e. The topological polar surface area (TPSA) is 89.1 Å². The van der Waals surface area contributed by atoms with Gasteiger partial charge in [0.05, 0.1) is 30.8 Å². The quantitative estimate of drug-likeness (QED) is 0.0382. The second-order valence-corrected chi connectivity index (χ2v) is 38.4. The third-order valence-corrected chi connectivity index (χ3v) is 29.9. The zero-order valence-corrected chi connectivity index (χ0v) is 74.3. The second kappa shape index (κ2) is 38.8. The van der Waals surface area contributed by atoms with Gasteiger partial charge in [-0.25, -0.2) is 20.2 Å². The number of fused-ring (bicyclic) bond motifs is 2. The molecule has 0 atom stereocenters. The van der Waals surface area contributed by atoms with Crippen LogP contribution in [0.25, 0.3) is 132 Å². The van der Waals surface area contributed by atoms with E-state index in [9.17, 15) is 15.3 Å². The Balaban J connectivity index is 0.000000173. The predicted octanol–water partition coefficient (Wildman–Crippen LogP) is 34.6. The molecule has 16 heteroatoms. The van der Waals surface area contributed by atoms with Crippen molar-refractivity contribution in [3.8, 4) is 80.5 Å². The maximum atomic E-state index is 12.9. The van der Waals surface area contributed by atoms with Gasteiger partial charge in [-0.05, 0) is 297 Å². The first-order chi connectivity index (χ1) is 62.6. The minimum absolute atomic E-state index is 0. The van der Waals surface area contributed by atoms with Crippen LogP contribution in [0.5, 0.6) is 5.75 Å². The molecule has 8 aromatic heterocycles. The summed E-state index contributed by atoms with van der Waals surface area (Å²) in [6, 6.07) is 106. The van der Waals surface area contributed by atoms with Gasteiger partial charge in [-0.3, -0.25) is 4.79 Å². The predicted molar refractivity (Wildman–Crippen MR) is 549 cm³/mol. The Bertz CT molecular complexity index is 7320. The van der Waals surface area contributed by atoms with Crippen LogP contribution in [0.1, 0.15) is 80.8 Å². The number of para-hydroxylation sites is 1. The van der Waals surface area contributed by atoms with Gasteiger partial charge in [-0.15, -0.1) is 90.7 Å². The first kappa shape index (κ1) is 84.1. The summed E-state index contributed by atoms with van der Waals surface area (Å²) in [6.45, 7) is 15.6. The highest BCUT2D eigenvalue weighted by atomic mass is 32.1. The first-order valence-electron chi connectivity index (χ1n) is 40.8. The molecular weight excluding hydrogens is 1720 g/mol. The number of nitrogens with zero attached hydrogens (tertiary/aromatic N) is 6. The number of carbonyl (C=O) groups is 1. The van der Waals surface area contributed by atoms with E-state index in [0.717, 1.165) is 83.2 Å². The number of allylic oxidation sites excluding steroid dienone is 16. The van der Waals surface area contributed by atoms with Crippen molar-refractivity contribution < 1.29 is 9.53 Å². The van der Waals surface area contributed by atoms with Crippen molar-refractivity contribution in [1.82, 2.24) is 0 Å². The van der Waals surface area contributed by atoms with Crippen LogP contribution < -0.4 is 14.5 Å². The number of carbonyl (C=O) groups excluding carboxylic acids is 1. The molecule has 612 valence electrons. The second-order valence-electron chi connectivity index (χ2n) is 29.7. The van der Waals surface area contributed by atoms with Crippen LogP contribution in [0.15, 0.2) is 384 Å². The van der Waals surface area contributed by atoms with E-state index in [1.165, 1.54) is 76.6 Å². The molecule has 0 bridgehead atoms.